The molecule has 0 radical (unpaired) electrons. The summed E-state index contributed by atoms with van der Waals surface area (Å²) in [7, 11) is 0. The summed E-state index contributed by atoms with van der Waals surface area (Å²) in [6.07, 6.45) is 3.46. The molecule has 6 heteroatoms. The van der Waals surface area contributed by atoms with Gasteiger partial charge in [0.05, 0.1) is 12.4 Å². The highest BCUT2D eigenvalue weighted by Crippen LogP contribution is 2.18. The third kappa shape index (κ3) is 3.98. The standard InChI is InChI=1S/C15H18N2O4/c1-11(2)17-10-12(9-16-17)20-7-8-21-14-6-4-3-5-13(14)15(18)19/h3-6,9-11H,7-8H2,1-2H3,(H,18,19). The second kappa shape index (κ2) is 6.78. The Bertz CT molecular complexity index is 607. The van der Waals surface area contributed by atoms with Crippen LogP contribution in [0, 0.1) is 0 Å². The van der Waals surface area contributed by atoms with Crippen molar-refractivity contribution in [3.05, 3.63) is 42.2 Å². The lowest BCUT2D eigenvalue weighted by Crippen LogP contribution is -2.11. The van der Waals surface area contributed by atoms with E-state index >= 15 is 0 Å². The number of aromatic carboxylic acids is 1. The van der Waals surface area contributed by atoms with Crippen molar-refractivity contribution in [1.82, 2.24) is 9.78 Å². The molecule has 2 aromatic rings. The number of hydrogen-bond acceptors (Lipinski definition) is 4. The summed E-state index contributed by atoms with van der Waals surface area (Å²) in [4.78, 5) is 11.0. The summed E-state index contributed by atoms with van der Waals surface area (Å²) >= 11 is 0. The van der Waals surface area contributed by atoms with Crippen LogP contribution in [-0.4, -0.2) is 34.1 Å². The van der Waals surface area contributed by atoms with Crippen LogP contribution in [0.2, 0.25) is 0 Å². The average Bonchev–Trinajstić information content (AvgIpc) is 2.93. The highest BCUT2D eigenvalue weighted by Gasteiger charge is 2.10. The van der Waals surface area contributed by atoms with Crippen LogP contribution >= 0.6 is 0 Å². The summed E-state index contributed by atoms with van der Waals surface area (Å²) in [5.41, 5.74) is 0.144. The van der Waals surface area contributed by atoms with Crippen LogP contribution in [0.1, 0.15) is 30.2 Å². The molecule has 0 bridgehead atoms. The van der Waals surface area contributed by atoms with Gasteiger partial charge in [-0.15, -0.1) is 0 Å². The van der Waals surface area contributed by atoms with Crippen molar-refractivity contribution in [2.45, 2.75) is 19.9 Å². The first-order valence-electron chi connectivity index (χ1n) is 6.70. The minimum atomic E-state index is -1.01. The van der Waals surface area contributed by atoms with Gasteiger partial charge in [0.2, 0.25) is 0 Å². The molecule has 0 aliphatic carbocycles. The summed E-state index contributed by atoms with van der Waals surface area (Å²) in [6, 6.07) is 6.80. The number of carboxylic acid groups (broad SMARTS) is 1. The molecule has 0 aliphatic heterocycles. The van der Waals surface area contributed by atoms with Gasteiger partial charge in [-0.1, -0.05) is 12.1 Å². The van der Waals surface area contributed by atoms with Crippen LogP contribution in [0.5, 0.6) is 11.5 Å². The molecule has 0 fully saturated rings. The molecule has 21 heavy (non-hydrogen) atoms. The van der Waals surface area contributed by atoms with Crippen molar-refractivity contribution >= 4 is 5.97 Å². The van der Waals surface area contributed by atoms with Crippen LogP contribution in [0.4, 0.5) is 0 Å². The highest BCUT2D eigenvalue weighted by atomic mass is 16.5. The van der Waals surface area contributed by atoms with E-state index in [4.69, 9.17) is 14.6 Å². The molecule has 0 aliphatic rings. The molecule has 1 aromatic carbocycles. The number of ether oxygens (including phenoxy) is 2. The SMILES string of the molecule is CC(C)n1cc(OCCOc2ccccc2C(=O)O)cn1. The van der Waals surface area contributed by atoms with E-state index in [1.165, 1.54) is 6.07 Å². The number of benzene rings is 1. The molecular formula is C15H18N2O4. The largest absolute Gasteiger partial charge is 0.489 e. The van der Waals surface area contributed by atoms with E-state index < -0.39 is 5.97 Å². The maximum absolute atomic E-state index is 11.0. The van der Waals surface area contributed by atoms with Gasteiger partial charge in [0.15, 0.2) is 5.75 Å². The molecule has 1 N–H and O–H groups in total. The highest BCUT2D eigenvalue weighted by molar-refractivity contribution is 5.90. The number of para-hydroxylation sites is 1. The summed E-state index contributed by atoms with van der Waals surface area (Å²) < 4.78 is 12.7. The van der Waals surface area contributed by atoms with Gasteiger partial charge in [-0.2, -0.15) is 5.10 Å². The van der Waals surface area contributed by atoms with Gasteiger partial charge < -0.3 is 14.6 Å². The van der Waals surface area contributed by atoms with Crippen LogP contribution in [0.3, 0.4) is 0 Å². The van der Waals surface area contributed by atoms with Gasteiger partial charge in [0.25, 0.3) is 0 Å². The Morgan fingerprint density at radius 2 is 2.00 bits per heavy atom. The first-order chi connectivity index (χ1) is 10.1. The van der Waals surface area contributed by atoms with E-state index in [2.05, 4.69) is 5.10 Å². The van der Waals surface area contributed by atoms with Crippen LogP contribution in [0.25, 0.3) is 0 Å². The minimum Gasteiger partial charge on any atom is -0.489 e. The quantitative estimate of drug-likeness (QED) is 0.793. The van der Waals surface area contributed by atoms with Gasteiger partial charge in [-0.3, -0.25) is 4.68 Å². The van der Waals surface area contributed by atoms with Gasteiger partial charge in [-0.05, 0) is 26.0 Å². The van der Waals surface area contributed by atoms with Crippen molar-refractivity contribution in [2.24, 2.45) is 0 Å². The number of rotatable bonds is 7. The molecule has 0 saturated carbocycles. The normalized spacial score (nSPS) is 10.6. The lowest BCUT2D eigenvalue weighted by molar-refractivity contribution is 0.0691. The van der Waals surface area contributed by atoms with Gasteiger partial charge in [0.1, 0.15) is 24.5 Å². The number of aromatic nitrogens is 2. The Labute approximate surface area is 122 Å². The van der Waals surface area contributed by atoms with Crippen molar-refractivity contribution in [2.75, 3.05) is 13.2 Å². The molecule has 0 atom stereocenters. The lowest BCUT2D eigenvalue weighted by atomic mass is 10.2. The Hall–Kier alpha value is -2.50. The molecule has 0 saturated heterocycles. The second-order valence-corrected chi connectivity index (χ2v) is 4.75. The van der Waals surface area contributed by atoms with E-state index in [1.54, 1.807) is 29.1 Å². The zero-order chi connectivity index (χ0) is 15.2. The molecule has 1 aromatic heterocycles. The molecular weight excluding hydrogens is 272 g/mol. The van der Waals surface area contributed by atoms with Crippen molar-refractivity contribution in [3.63, 3.8) is 0 Å². The topological polar surface area (TPSA) is 73.6 Å². The van der Waals surface area contributed by atoms with Gasteiger partial charge >= 0.3 is 5.97 Å². The van der Waals surface area contributed by atoms with E-state index in [9.17, 15) is 4.79 Å². The van der Waals surface area contributed by atoms with Gasteiger partial charge in [-0.25, -0.2) is 4.79 Å². The summed E-state index contributed by atoms with van der Waals surface area (Å²) in [6.45, 7) is 4.64. The fourth-order valence-electron chi connectivity index (χ4n) is 1.76. The number of hydrogen-bond donors (Lipinski definition) is 1. The van der Waals surface area contributed by atoms with Crippen molar-refractivity contribution in [3.8, 4) is 11.5 Å². The maximum atomic E-state index is 11.0. The Morgan fingerprint density at radius 1 is 1.29 bits per heavy atom. The third-order valence-corrected chi connectivity index (χ3v) is 2.83. The fraction of sp³-hybridized carbons (Fsp3) is 0.333. The second-order valence-electron chi connectivity index (χ2n) is 4.75. The predicted octanol–water partition coefficient (Wildman–Crippen LogP) is 2.62. The predicted molar refractivity (Wildman–Crippen MR) is 77.0 cm³/mol. The van der Waals surface area contributed by atoms with Gasteiger partial charge in [0, 0.05) is 6.04 Å². The smallest absolute Gasteiger partial charge is 0.339 e. The summed E-state index contributed by atoms with van der Waals surface area (Å²) in [5.74, 6) is -0.00461. The maximum Gasteiger partial charge on any atom is 0.339 e. The number of carbonyl (C=O) groups is 1. The van der Waals surface area contributed by atoms with Crippen molar-refractivity contribution in [1.29, 1.82) is 0 Å². The Kier molecular flexibility index (Phi) is 4.81. The molecule has 2 rings (SSSR count). The Balaban J connectivity index is 1.83. The van der Waals surface area contributed by atoms with E-state index in [1.807, 2.05) is 20.0 Å². The van der Waals surface area contributed by atoms with Crippen LogP contribution < -0.4 is 9.47 Å². The molecule has 0 amide bonds. The van der Waals surface area contributed by atoms with E-state index in [0.29, 0.717) is 18.1 Å². The van der Waals surface area contributed by atoms with Crippen LogP contribution in [0.15, 0.2) is 36.7 Å². The first kappa shape index (κ1) is 14.9. The number of nitrogens with zero attached hydrogens (tertiary/aromatic N) is 2. The third-order valence-electron chi connectivity index (χ3n) is 2.83. The van der Waals surface area contributed by atoms with E-state index in [-0.39, 0.29) is 18.2 Å². The monoisotopic (exact) mass is 290 g/mol. The molecule has 112 valence electrons. The average molecular weight is 290 g/mol. The lowest BCUT2D eigenvalue weighted by Gasteiger charge is -2.09. The zero-order valence-electron chi connectivity index (χ0n) is 12.0. The summed E-state index contributed by atoms with van der Waals surface area (Å²) in [5, 5.41) is 13.2. The molecule has 6 nitrogen and oxygen atoms in total. The molecule has 1 heterocycles. The molecule has 0 spiro atoms. The first-order valence-corrected chi connectivity index (χ1v) is 6.70. The minimum absolute atomic E-state index is 0.144. The van der Waals surface area contributed by atoms with Crippen LogP contribution in [-0.2, 0) is 0 Å². The van der Waals surface area contributed by atoms with E-state index in [0.717, 1.165) is 0 Å². The Morgan fingerprint density at radius 3 is 2.67 bits per heavy atom. The van der Waals surface area contributed by atoms with Crippen molar-refractivity contribution < 1.29 is 19.4 Å². The fourth-order valence-corrected chi connectivity index (χ4v) is 1.76. The zero-order valence-corrected chi connectivity index (χ0v) is 12.0. The number of carboxylic acids is 1. The molecule has 0 unspecified atom stereocenters.